The molecule has 3 N–H and O–H groups in total. The summed E-state index contributed by atoms with van der Waals surface area (Å²) < 4.78 is 0. The first-order valence-electron chi connectivity index (χ1n) is 7.52. The van der Waals surface area contributed by atoms with E-state index in [4.69, 9.17) is 0 Å². The monoisotopic (exact) mass is 344 g/mol. The Hall–Kier alpha value is -3.43. The number of amides is 2. The largest absolute Gasteiger partial charge is 0.324 e. The van der Waals surface area contributed by atoms with Crippen LogP contribution >= 0.6 is 0 Å². The van der Waals surface area contributed by atoms with E-state index in [1.807, 2.05) is 13.8 Å². The second-order valence-electron chi connectivity index (χ2n) is 5.83. The van der Waals surface area contributed by atoms with Gasteiger partial charge in [-0.05, 0) is 31.6 Å². The average molecular weight is 344 g/mol. The van der Waals surface area contributed by atoms with Crippen LogP contribution < -0.4 is 16.1 Å². The van der Waals surface area contributed by atoms with Gasteiger partial charge in [0.2, 0.25) is 17.8 Å². The van der Waals surface area contributed by atoms with E-state index in [0.29, 0.717) is 11.5 Å². The summed E-state index contributed by atoms with van der Waals surface area (Å²) in [5, 5.41) is 17.5. The predicted molar refractivity (Wildman–Crippen MR) is 89.1 cm³/mol. The molecular weight excluding hydrogens is 328 g/mol. The lowest BCUT2D eigenvalue weighted by Gasteiger charge is -2.32. The highest BCUT2D eigenvalue weighted by atomic mass is 16.6. The quantitative estimate of drug-likeness (QED) is 0.551. The van der Waals surface area contributed by atoms with Crippen LogP contribution in [-0.2, 0) is 9.59 Å². The Labute approximate surface area is 142 Å². The Morgan fingerprint density at radius 2 is 2.04 bits per heavy atom. The third-order valence-corrected chi connectivity index (χ3v) is 3.74. The number of guanidine groups is 1. The summed E-state index contributed by atoms with van der Waals surface area (Å²) in [7, 11) is 0. The summed E-state index contributed by atoms with van der Waals surface area (Å²) in [6.07, 6.45) is -0.0408. The Kier molecular flexibility index (Phi) is 4.09. The lowest BCUT2D eigenvalue weighted by molar-refractivity contribution is -0.384. The van der Waals surface area contributed by atoms with E-state index < -0.39 is 16.9 Å². The summed E-state index contributed by atoms with van der Waals surface area (Å²) in [4.78, 5) is 38.8. The van der Waals surface area contributed by atoms with Crippen molar-refractivity contribution in [3.8, 4) is 0 Å². The number of hydrazine groups is 1. The molecule has 2 aliphatic rings. The first-order chi connectivity index (χ1) is 11.8. The number of anilines is 1. The molecule has 1 saturated heterocycles. The number of allylic oxidation sites excluding steroid dienone is 1. The number of carbonyl (C=O) groups excluding carboxylic acids is 2. The highest BCUT2D eigenvalue weighted by molar-refractivity contribution is 6.07. The fraction of sp³-hybridized carbons (Fsp3) is 0.267. The first kappa shape index (κ1) is 16.4. The maximum Gasteiger partial charge on any atom is 0.269 e. The number of rotatable bonds is 3. The highest BCUT2D eigenvalue weighted by Crippen LogP contribution is 2.20. The molecule has 0 aromatic heterocycles. The number of fused-ring (bicyclic) bond motifs is 1. The van der Waals surface area contributed by atoms with E-state index in [1.54, 1.807) is 0 Å². The molecule has 10 heteroatoms. The minimum absolute atomic E-state index is 0.0408. The van der Waals surface area contributed by atoms with E-state index in [-0.39, 0.29) is 24.0 Å². The van der Waals surface area contributed by atoms with Crippen LogP contribution in [0.2, 0.25) is 0 Å². The van der Waals surface area contributed by atoms with Gasteiger partial charge in [-0.25, -0.2) is 5.01 Å². The van der Waals surface area contributed by atoms with Gasteiger partial charge in [0.15, 0.2) is 0 Å². The molecule has 0 spiro atoms. The fourth-order valence-corrected chi connectivity index (χ4v) is 2.43. The number of carbonyl (C=O) groups is 2. The Morgan fingerprint density at radius 1 is 1.36 bits per heavy atom. The number of nitrogens with zero attached hydrogens (tertiary/aromatic N) is 3. The normalized spacial score (nSPS) is 18.7. The summed E-state index contributed by atoms with van der Waals surface area (Å²) >= 11 is 0. The average Bonchev–Trinajstić information content (AvgIpc) is 2.98. The third kappa shape index (κ3) is 3.27. The fourth-order valence-electron chi connectivity index (χ4n) is 2.43. The van der Waals surface area contributed by atoms with Crippen molar-refractivity contribution in [2.24, 2.45) is 4.99 Å². The van der Waals surface area contributed by atoms with Gasteiger partial charge in [0.25, 0.3) is 5.69 Å². The van der Waals surface area contributed by atoms with Crippen molar-refractivity contribution in [3.63, 3.8) is 0 Å². The number of nitrogens with one attached hydrogen (secondary N) is 3. The molecule has 1 fully saturated rings. The van der Waals surface area contributed by atoms with E-state index in [9.17, 15) is 19.7 Å². The van der Waals surface area contributed by atoms with Gasteiger partial charge < -0.3 is 5.32 Å². The predicted octanol–water partition coefficient (Wildman–Crippen LogP) is 0.849. The van der Waals surface area contributed by atoms with Gasteiger partial charge in [0, 0.05) is 17.8 Å². The van der Waals surface area contributed by atoms with Gasteiger partial charge in [-0.3, -0.25) is 30.4 Å². The molecule has 3 rings (SSSR count). The molecule has 0 unspecified atom stereocenters. The molecular formula is C15H16N6O4. The zero-order chi connectivity index (χ0) is 18.1. The molecule has 2 aliphatic heterocycles. The molecule has 1 aromatic rings. The topological polar surface area (TPSA) is 129 Å². The molecule has 0 bridgehead atoms. The Bertz CT molecular complexity index is 810. The van der Waals surface area contributed by atoms with Gasteiger partial charge >= 0.3 is 0 Å². The van der Waals surface area contributed by atoms with Gasteiger partial charge in [-0.2, -0.15) is 4.99 Å². The van der Waals surface area contributed by atoms with Crippen molar-refractivity contribution in [3.05, 3.63) is 45.8 Å². The zero-order valence-corrected chi connectivity index (χ0v) is 13.6. The van der Waals surface area contributed by atoms with E-state index >= 15 is 0 Å². The van der Waals surface area contributed by atoms with Crippen molar-refractivity contribution in [2.45, 2.75) is 26.3 Å². The minimum atomic E-state index is -0.792. The van der Waals surface area contributed by atoms with Crippen molar-refractivity contribution >= 4 is 29.1 Å². The molecule has 2 amide bonds. The molecule has 10 nitrogen and oxygen atoms in total. The van der Waals surface area contributed by atoms with Crippen LogP contribution in [0.15, 0.2) is 40.7 Å². The number of hydrogen-bond acceptors (Lipinski definition) is 7. The van der Waals surface area contributed by atoms with Crippen LogP contribution in [0.1, 0.15) is 20.3 Å². The van der Waals surface area contributed by atoms with E-state index in [0.717, 1.165) is 5.57 Å². The van der Waals surface area contributed by atoms with Crippen LogP contribution in [0.3, 0.4) is 0 Å². The second kappa shape index (κ2) is 6.23. The van der Waals surface area contributed by atoms with Crippen LogP contribution in [0.4, 0.5) is 11.4 Å². The maximum absolute atomic E-state index is 12.6. The number of aliphatic imine (C=N–C) groups is 1. The maximum atomic E-state index is 12.6. The van der Waals surface area contributed by atoms with Crippen molar-refractivity contribution in [2.75, 3.05) is 5.32 Å². The standard InChI is InChI=1S/C15H16N6O4/c1-8(2)13-18-15-17-12(22)7-11(20(15)19-13)14(23)16-9-3-5-10(6-4-9)21(24)25/h3-6,11,19H,7H2,1-2H3,(H,16,23)(H,17,18,22)/t11-/m1/s1. The number of hydrogen-bond donors (Lipinski definition) is 3. The molecule has 1 atom stereocenters. The van der Waals surface area contributed by atoms with Crippen molar-refractivity contribution < 1.29 is 14.5 Å². The lowest BCUT2D eigenvalue weighted by Crippen LogP contribution is -2.61. The molecule has 1 aromatic carbocycles. The van der Waals surface area contributed by atoms with Gasteiger partial charge in [0.1, 0.15) is 11.9 Å². The zero-order valence-electron chi connectivity index (χ0n) is 13.6. The molecule has 130 valence electrons. The third-order valence-electron chi connectivity index (χ3n) is 3.74. The van der Waals surface area contributed by atoms with Gasteiger partial charge in [-0.1, -0.05) is 0 Å². The number of benzene rings is 1. The lowest BCUT2D eigenvalue weighted by atomic mass is 10.1. The number of non-ortho nitro benzene ring substituents is 1. The van der Waals surface area contributed by atoms with E-state index in [1.165, 1.54) is 29.3 Å². The molecule has 0 saturated carbocycles. The Morgan fingerprint density at radius 3 is 2.64 bits per heavy atom. The minimum Gasteiger partial charge on any atom is -0.324 e. The summed E-state index contributed by atoms with van der Waals surface area (Å²) in [5.74, 6) is 0.121. The van der Waals surface area contributed by atoms with E-state index in [2.05, 4.69) is 21.1 Å². The van der Waals surface area contributed by atoms with Gasteiger partial charge in [0.05, 0.1) is 11.3 Å². The van der Waals surface area contributed by atoms with Crippen LogP contribution in [-0.4, -0.2) is 33.7 Å². The molecule has 0 radical (unpaired) electrons. The number of nitro benzene ring substituents is 1. The van der Waals surface area contributed by atoms with Gasteiger partial charge in [-0.15, -0.1) is 0 Å². The number of nitro groups is 1. The Balaban J connectivity index is 1.77. The SMILES string of the molecule is CC(C)=C1N=C2NC(=O)C[C@H](C(=O)Nc3ccc([N+](=O)[O-])cc3)N2N1. The van der Waals surface area contributed by atoms with Crippen molar-refractivity contribution in [1.29, 1.82) is 0 Å². The molecule has 0 aliphatic carbocycles. The van der Waals surface area contributed by atoms with Crippen molar-refractivity contribution in [1.82, 2.24) is 15.8 Å². The smallest absolute Gasteiger partial charge is 0.269 e. The summed E-state index contributed by atoms with van der Waals surface area (Å²) in [6.45, 7) is 3.72. The highest BCUT2D eigenvalue weighted by Gasteiger charge is 2.39. The first-order valence-corrected chi connectivity index (χ1v) is 7.52. The summed E-state index contributed by atoms with van der Waals surface area (Å²) in [6, 6.07) is 4.68. The second-order valence-corrected chi connectivity index (χ2v) is 5.83. The van der Waals surface area contributed by atoms with Crippen LogP contribution in [0.25, 0.3) is 0 Å². The van der Waals surface area contributed by atoms with Crippen LogP contribution in [0, 0.1) is 10.1 Å². The molecule has 25 heavy (non-hydrogen) atoms. The van der Waals surface area contributed by atoms with Crippen LogP contribution in [0.5, 0.6) is 0 Å². The summed E-state index contributed by atoms with van der Waals surface area (Å²) in [5.41, 5.74) is 4.24. The molecule has 2 heterocycles.